The molecule has 0 bridgehead atoms. The van der Waals surface area contributed by atoms with Crippen molar-refractivity contribution in [3.63, 3.8) is 0 Å². The predicted molar refractivity (Wildman–Crippen MR) is 72.2 cm³/mol. The third-order valence-electron chi connectivity index (χ3n) is 3.39. The Kier molecular flexibility index (Phi) is 4.32. The number of nitrogens with zero attached hydrogens (tertiary/aromatic N) is 1. The standard InChI is InChI=1S/C15H19FN2O/c1-4-15(12-5-7-13(16)8-6-12)17-9-14-10(2)18-19-11(14)3/h5-8,15,17H,4,9H2,1-3H3. The van der Waals surface area contributed by atoms with Crippen molar-refractivity contribution in [2.24, 2.45) is 0 Å². The summed E-state index contributed by atoms with van der Waals surface area (Å²) in [5.74, 6) is 0.642. The molecule has 0 fully saturated rings. The van der Waals surface area contributed by atoms with E-state index in [1.165, 1.54) is 12.1 Å². The molecule has 4 heteroatoms. The molecule has 2 aromatic rings. The molecule has 0 spiro atoms. The van der Waals surface area contributed by atoms with E-state index in [9.17, 15) is 4.39 Å². The lowest BCUT2D eigenvalue weighted by atomic mass is 10.0. The number of aromatic nitrogens is 1. The van der Waals surface area contributed by atoms with Crippen LogP contribution < -0.4 is 5.32 Å². The third kappa shape index (κ3) is 3.20. The molecule has 0 saturated heterocycles. The van der Waals surface area contributed by atoms with Gasteiger partial charge in [-0.15, -0.1) is 0 Å². The molecule has 0 amide bonds. The average molecular weight is 262 g/mol. The molecular formula is C15H19FN2O. The van der Waals surface area contributed by atoms with E-state index < -0.39 is 0 Å². The lowest BCUT2D eigenvalue weighted by Crippen LogP contribution is -2.20. The van der Waals surface area contributed by atoms with Crippen LogP contribution in [0.3, 0.4) is 0 Å². The molecule has 0 aliphatic carbocycles. The molecule has 0 radical (unpaired) electrons. The van der Waals surface area contributed by atoms with Gasteiger partial charge in [-0.25, -0.2) is 4.39 Å². The van der Waals surface area contributed by atoms with Gasteiger partial charge in [0.15, 0.2) is 0 Å². The Balaban J connectivity index is 2.06. The maximum Gasteiger partial charge on any atom is 0.138 e. The van der Waals surface area contributed by atoms with Crippen LogP contribution in [0.15, 0.2) is 28.8 Å². The molecule has 1 N–H and O–H groups in total. The van der Waals surface area contributed by atoms with Gasteiger partial charge < -0.3 is 9.84 Å². The smallest absolute Gasteiger partial charge is 0.138 e. The van der Waals surface area contributed by atoms with Crippen LogP contribution >= 0.6 is 0 Å². The zero-order chi connectivity index (χ0) is 13.8. The van der Waals surface area contributed by atoms with Gasteiger partial charge >= 0.3 is 0 Å². The van der Waals surface area contributed by atoms with E-state index in [0.717, 1.165) is 29.0 Å². The van der Waals surface area contributed by atoms with Crippen LogP contribution in [0.25, 0.3) is 0 Å². The van der Waals surface area contributed by atoms with Crippen LogP contribution in [0.2, 0.25) is 0 Å². The molecule has 19 heavy (non-hydrogen) atoms. The third-order valence-corrected chi connectivity index (χ3v) is 3.39. The van der Waals surface area contributed by atoms with Gasteiger partial charge in [-0.05, 0) is 38.0 Å². The molecule has 3 nitrogen and oxygen atoms in total. The second kappa shape index (κ2) is 5.97. The number of hydrogen-bond acceptors (Lipinski definition) is 3. The zero-order valence-corrected chi connectivity index (χ0v) is 11.5. The Bertz CT molecular complexity index is 514. The van der Waals surface area contributed by atoms with Gasteiger partial charge in [0.25, 0.3) is 0 Å². The fraction of sp³-hybridized carbons (Fsp3) is 0.400. The fourth-order valence-corrected chi connectivity index (χ4v) is 2.17. The summed E-state index contributed by atoms with van der Waals surface area (Å²) in [6.45, 7) is 6.66. The topological polar surface area (TPSA) is 38.1 Å². The first-order valence-corrected chi connectivity index (χ1v) is 6.52. The Morgan fingerprint density at radius 1 is 1.26 bits per heavy atom. The molecule has 0 aliphatic rings. The monoisotopic (exact) mass is 262 g/mol. The first kappa shape index (κ1) is 13.7. The van der Waals surface area contributed by atoms with E-state index in [1.807, 2.05) is 26.0 Å². The molecule has 1 heterocycles. The van der Waals surface area contributed by atoms with Crippen LogP contribution in [0.1, 0.15) is 42.0 Å². The summed E-state index contributed by atoms with van der Waals surface area (Å²) in [5.41, 5.74) is 3.11. The maximum absolute atomic E-state index is 12.9. The van der Waals surface area contributed by atoms with Crippen LogP contribution in [-0.2, 0) is 6.54 Å². The summed E-state index contributed by atoms with van der Waals surface area (Å²) in [6.07, 6.45) is 0.939. The minimum absolute atomic E-state index is 0.203. The van der Waals surface area contributed by atoms with Gasteiger partial charge in [-0.2, -0.15) is 0 Å². The first-order chi connectivity index (χ1) is 9.11. The van der Waals surface area contributed by atoms with Crippen molar-refractivity contribution in [1.82, 2.24) is 10.5 Å². The van der Waals surface area contributed by atoms with E-state index in [0.29, 0.717) is 6.54 Å². The molecule has 102 valence electrons. The van der Waals surface area contributed by atoms with Crippen LogP contribution in [0.5, 0.6) is 0 Å². The summed E-state index contributed by atoms with van der Waals surface area (Å²) in [7, 11) is 0. The molecule has 1 unspecified atom stereocenters. The predicted octanol–water partition coefficient (Wildman–Crippen LogP) is 3.67. The summed E-state index contributed by atoms with van der Waals surface area (Å²) in [4.78, 5) is 0. The minimum atomic E-state index is -0.204. The van der Waals surface area contributed by atoms with Crippen molar-refractivity contribution in [1.29, 1.82) is 0 Å². The second-order valence-electron chi connectivity index (χ2n) is 4.70. The molecule has 0 saturated carbocycles. The molecule has 1 atom stereocenters. The fourth-order valence-electron chi connectivity index (χ4n) is 2.17. The Morgan fingerprint density at radius 2 is 1.95 bits per heavy atom. The minimum Gasteiger partial charge on any atom is -0.361 e. The lowest BCUT2D eigenvalue weighted by Gasteiger charge is -2.17. The number of nitrogens with one attached hydrogen (secondary N) is 1. The quantitative estimate of drug-likeness (QED) is 0.893. The van der Waals surface area contributed by atoms with Gasteiger partial charge in [0, 0.05) is 18.2 Å². The Labute approximate surface area is 112 Å². The summed E-state index contributed by atoms with van der Waals surface area (Å²) < 4.78 is 18.1. The van der Waals surface area contributed by atoms with E-state index in [-0.39, 0.29) is 11.9 Å². The highest BCUT2D eigenvalue weighted by Gasteiger charge is 2.13. The summed E-state index contributed by atoms with van der Waals surface area (Å²) >= 11 is 0. The average Bonchev–Trinajstić information content (AvgIpc) is 2.72. The number of hydrogen-bond donors (Lipinski definition) is 1. The lowest BCUT2D eigenvalue weighted by molar-refractivity contribution is 0.391. The Hall–Kier alpha value is -1.68. The highest BCUT2D eigenvalue weighted by Crippen LogP contribution is 2.19. The van der Waals surface area contributed by atoms with Gasteiger partial charge in [0.2, 0.25) is 0 Å². The van der Waals surface area contributed by atoms with E-state index in [4.69, 9.17) is 4.52 Å². The molecule has 2 rings (SSSR count). The molecule has 1 aromatic heterocycles. The first-order valence-electron chi connectivity index (χ1n) is 6.52. The second-order valence-corrected chi connectivity index (χ2v) is 4.70. The number of rotatable bonds is 5. The number of halogens is 1. The van der Waals surface area contributed by atoms with Crippen molar-refractivity contribution in [2.45, 2.75) is 39.8 Å². The van der Waals surface area contributed by atoms with Gasteiger partial charge in [-0.3, -0.25) is 0 Å². The van der Waals surface area contributed by atoms with Gasteiger partial charge in [-0.1, -0.05) is 24.2 Å². The van der Waals surface area contributed by atoms with Crippen LogP contribution in [-0.4, -0.2) is 5.16 Å². The van der Waals surface area contributed by atoms with Crippen molar-refractivity contribution >= 4 is 0 Å². The van der Waals surface area contributed by atoms with Crippen molar-refractivity contribution < 1.29 is 8.91 Å². The Morgan fingerprint density at radius 3 is 2.47 bits per heavy atom. The van der Waals surface area contributed by atoms with Crippen LogP contribution in [0, 0.1) is 19.7 Å². The summed E-state index contributed by atoms with van der Waals surface area (Å²) in [6, 6.07) is 6.84. The highest BCUT2D eigenvalue weighted by molar-refractivity contribution is 5.23. The van der Waals surface area contributed by atoms with Gasteiger partial charge in [0.05, 0.1) is 5.69 Å². The van der Waals surface area contributed by atoms with Gasteiger partial charge in [0.1, 0.15) is 11.6 Å². The van der Waals surface area contributed by atoms with E-state index in [1.54, 1.807) is 0 Å². The normalized spacial score (nSPS) is 12.6. The molecular weight excluding hydrogens is 243 g/mol. The molecule has 0 aliphatic heterocycles. The molecule has 1 aromatic carbocycles. The van der Waals surface area contributed by atoms with Crippen LogP contribution in [0.4, 0.5) is 4.39 Å². The van der Waals surface area contributed by atoms with Crippen molar-refractivity contribution in [3.8, 4) is 0 Å². The largest absolute Gasteiger partial charge is 0.361 e. The highest BCUT2D eigenvalue weighted by atomic mass is 19.1. The van der Waals surface area contributed by atoms with E-state index in [2.05, 4.69) is 17.4 Å². The van der Waals surface area contributed by atoms with Crippen molar-refractivity contribution in [3.05, 3.63) is 52.7 Å². The maximum atomic E-state index is 12.9. The SMILES string of the molecule is CCC(NCc1c(C)noc1C)c1ccc(F)cc1. The number of benzene rings is 1. The van der Waals surface area contributed by atoms with E-state index >= 15 is 0 Å². The van der Waals surface area contributed by atoms with Crippen molar-refractivity contribution in [2.75, 3.05) is 0 Å². The summed E-state index contributed by atoms with van der Waals surface area (Å²) in [5, 5.41) is 7.41. The zero-order valence-electron chi connectivity index (χ0n) is 11.5. The number of aryl methyl sites for hydroxylation is 2.